The average molecular weight is 329 g/mol. The molecule has 0 radical (unpaired) electrons. The van der Waals surface area contributed by atoms with Crippen molar-refractivity contribution in [2.24, 2.45) is 10.7 Å². The summed E-state index contributed by atoms with van der Waals surface area (Å²) in [6, 6.07) is 15.5. The first-order valence-electron chi connectivity index (χ1n) is 7.38. The van der Waals surface area contributed by atoms with Crippen LogP contribution in [-0.4, -0.2) is 27.1 Å². The predicted octanol–water partition coefficient (Wildman–Crippen LogP) is 0.395. The van der Waals surface area contributed by atoms with E-state index in [2.05, 4.69) is 4.99 Å². The van der Waals surface area contributed by atoms with Crippen molar-refractivity contribution < 1.29 is 8.42 Å². The number of rotatable bonds is 4. The molecule has 6 heteroatoms. The van der Waals surface area contributed by atoms with Crippen LogP contribution >= 0.6 is 0 Å². The molecule has 0 amide bonds. The molecule has 0 atom stereocenters. The summed E-state index contributed by atoms with van der Waals surface area (Å²) in [7, 11) is -3.01. The van der Waals surface area contributed by atoms with Crippen molar-refractivity contribution >= 4 is 21.3 Å². The first kappa shape index (κ1) is 15.6. The molecule has 2 aromatic carbocycles. The van der Waals surface area contributed by atoms with E-state index in [-0.39, 0.29) is 5.75 Å². The van der Waals surface area contributed by atoms with Crippen molar-refractivity contribution in [2.75, 3.05) is 23.6 Å². The second kappa shape index (κ2) is 6.04. The molecule has 0 bridgehead atoms. The fourth-order valence-electron chi connectivity index (χ4n) is 2.68. The van der Waals surface area contributed by atoms with Crippen LogP contribution in [0.1, 0.15) is 5.56 Å². The zero-order chi connectivity index (χ0) is 16.4. The molecule has 23 heavy (non-hydrogen) atoms. The molecule has 2 aromatic rings. The molecule has 120 valence electrons. The van der Waals surface area contributed by atoms with Crippen molar-refractivity contribution in [2.45, 2.75) is 6.42 Å². The van der Waals surface area contributed by atoms with E-state index < -0.39 is 9.84 Å². The first-order chi connectivity index (χ1) is 11.0. The zero-order valence-electron chi connectivity index (χ0n) is 12.9. The SMILES string of the molecule is CS(=O)(=O)CCc1ccccc1N1CN=c2ccccc2=C1N. The van der Waals surface area contributed by atoms with E-state index in [1.807, 2.05) is 53.4 Å². The van der Waals surface area contributed by atoms with Gasteiger partial charge in [0.1, 0.15) is 22.3 Å². The monoisotopic (exact) mass is 329 g/mol. The van der Waals surface area contributed by atoms with Gasteiger partial charge in [-0.2, -0.15) is 0 Å². The Morgan fingerprint density at radius 3 is 2.61 bits per heavy atom. The van der Waals surface area contributed by atoms with Crippen molar-refractivity contribution in [1.29, 1.82) is 0 Å². The van der Waals surface area contributed by atoms with Crippen LogP contribution < -0.4 is 21.2 Å². The lowest BCUT2D eigenvalue weighted by Crippen LogP contribution is -2.43. The quantitative estimate of drug-likeness (QED) is 0.881. The van der Waals surface area contributed by atoms with Crippen LogP contribution in [0, 0.1) is 0 Å². The van der Waals surface area contributed by atoms with Crippen molar-refractivity contribution in [3.8, 4) is 0 Å². The Balaban J connectivity index is 2.02. The minimum atomic E-state index is -3.01. The second-order valence-corrected chi connectivity index (χ2v) is 7.90. The van der Waals surface area contributed by atoms with Crippen LogP contribution in [-0.2, 0) is 16.3 Å². The molecule has 0 aromatic heterocycles. The van der Waals surface area contributed by atoms with E-state index >= 15 is 0 Å². The van der Waals surface area contributed by atoms with Gasteiger partial charge in [0.05, 0.1) is 11.1 Å². The summed E-state index contributed by atoms with van der Waals surface area (Å²) < 4.78 is 22.9. The van der Waals surface area contributed by atoms with E-state index in [9.17, 15) is 8.42 Å². The number of hydrogen-bond donors (Lipinski definition) is 1. The Morgan fingerprint density at radius 1 is 1.13 bits per heavy atom. The van der Waals surface area contributed by atoms with E-state index in [0.29, 0.717) is 18.9 Å². The number of nitrogens with two attached hydrogens (primary N) is 1. The normalized spacial score (nSPS) is 14.3. The molecule has 0 saturated heterocycles. The van der Waals surface area contributed by atoms with Crippen LogP contribution in [0.4, 0.5) is 5.69 Å². The minimum absolute atomic E-state index is 0.117. The molecule has 0 saturated carbocycles. The zero-order valence-corrected chi connectivity index (χ0v) is 13.8. The van der Waals surface area contributed by atoms with E-state index in [1.54, 1.807) is 0 Å². The van der Waals surface area contributed by atoms with Gasteiger partial charge in [0.25, 0.3) is 0 Å². The number of sulfone groups is 1. The topological polar surface area (TPSA) is 75.8 Å². The van der Waals surface area contributed by atoms with Crippen LogP contribution in [0.15, 0.2) is 53.5 Å². The molecule has 1 aliphatic rings. The van der Waals surface area contributed by atoms with E-state index in [1.165, 1.54) is 6.26 Å². The number of hydrogen-bond acceptors (Lipinski definition) is 5. The molecule has 3 rings (SSSR count). The van der Waals surface area contributed by atoms with Crippen LogP contribution in [0.3, 0.4) is 0 Å². The molecule has 5 nitrogen and oxygen atoms in total. The fourth-order valence-corrected chi connectivity index (χ4v) is 3.27. The molecular weight excluding hydrogens is 310 g/mol. The van der Waals surface area contributed by atoms with Gasteiger partial charge >= 0.3 is 0 Å². The van der Waals surface area contributed by atoms with Crippen molar-refractivity contribution in [1.82, 2.24) is 0 Å². The number of para-hydroxylation sites is 2. The second-order valence-electron chi connectivity index (χ2n) is 5.64. The van der Waals surface area contributed by atoms with Gasteiger partial charge < -0.3 is 10.6 Å². The van der Waals surface area contributed by atoms with Crippen molar-refractivity contribution in [3.05, 3.63) is 64.7 Å². The molecule has 1 heterocycles. The average Bonchev–Trinajstić information content (AvgIpc) is 2.53. The molecule has 2 N–H and O–H groups in total. The van der Waals surface area contributed by atoms with Gasteiger partial charge in [-0.15, -0.1) is 0 Å². The summed E-state index contributed by atoms with van der Waals surface area (Å²) in [5, 5.41) is 1.78. The fraction of sp³-hybridized carbons (Fsp3) is 0.235. The van der Waals surface area contributed by atoms with Crippen LogP contribution in [0.5, 0.6) is 0 Å². The summed E-state index contributed by atoms with van der Waals surface area (Å²) in [4.78, 5) is 6.49. The summed E-state index contributed by atoms with van der Waals surface area (Å²) in [6.07, 6.45) is 1.71. The summed E-state index contributed by atoms with van der Waals surface area (Å²) >= 11 is 0. The number of nitrogens with zero attached hydrogens (tertiary/aromatic N) is 2. The molecular formula is C17H19N3O2S. The van der Waals surface area contributed by atoms with Crippen LogP contribution in [0.25, 0.3) is 5.82 Å². The number of benzene rings is 2. The molecule has 0 aliphatic carbocycles. The smallest absolute Gasteiger partial charge is 0.147 e. The maximum absolute atomic E-state index is 11.5. The van der Waals surface area contributed by atoms with Gasteiger partial charge in [-0.3, -0.25) is 4.99 Å². The lowest BCUT2D eigenvalue weighted by Gasteiger charge is -2.27. The number of anilines is 1. The number of aryl methyl sites for hydroxylation is 1. The maximum Gasteiger partial charge on any atom is 0.147 e. The molecule has 0 fully saturated rings. The molecule has 0 spiro atoms. The third kappa shape index (κ3) is 3.37. The minimum Gasteiger partial charge on any atom is -0.384 e. The Labute approximate surface area is 135 Å². The highest BCUT2D eigenvalue weighted by Crippen LogP contribution is 2.24. The standard InChI is InChI=1S/C17H19N3O2S/c1-23(21,22)11-10-13-6-2-5-9-16(13)20-12-19-15-8-4-3-7-14(15)17(20)18/h2-9H,10-12,18H2,1H3. The third-order valence-corrected chi connectivity index (χ3v) is 4.82. The summed E-state index contributed by atoms with van der Waals surface area (Å²) in [5.41, 5.74) is 8.20. The van der Waals surface area contributed by atoms with Crippen LogP contribution in [0.2, 0.25) is 0 Å². The van der Waals surface area contributed by atoms with Gasteiger partial charge in [-0.25, -0.2) is 8.42 Å². The summed E-state index contributed by atoms with van der Waals surface area (Å²) in [5.74, 6) is 0.758. The number of fused-ring (bicyclic) bond motifs is 1. The van der Waals surface area contributed by atoms with Gasteiger partial charge in [-0.1, -0.05) is 30.3 Å². The van der Waals surface area contributed by atoms with Gasteiger partial charge in [0.2, 0.25) is 0 Å². The van der Waals surface area contributed by atoms with Gasteiger partial charge in [-0.05, 0) is 30.2 Å². The Hall–Kier alpha value is -2.34. The maximum atomic E-state index is 11.5. The van der Waals surface area contributed by atoms with Gasteiger partial charge in [0, 0.05) is 17.2 Å². The highest BCUT2D eigenvalue weighted by atomic mass is 32.2. The first-order valence-corrected chi connectivity index (χ1v) is 9.44. The Morgan fingerprint density at radius 2 is 1.83 bits per heavy atom. The highest BCUT2D eigenvalue weighted by molar-refractivity contribution is 7.90. The van der Waals surface area contributed by atoms with Gasteiger partial charge in [0.15, 0.2) is 0 Å². The van der Waals surface area contributed by atoms with E-state index in [0.717, 1.165) is 21.8 Å². The Kier molecular flexibility index (Phi) is 4.09. The Bertz CT molecular complexity index is 952. The third-order valence-electron chi connectivity index (χ3n) is 3.88. The van der Waals surface area contributed by atoms with E-state index in [4.69, 9.17) is 5.73 Å². The predicted molar refractivity (Wildman–Crippen MR) is 92.0 cm³/mol. The highest BCUT2D eigenvalue weighted by Gasteiger charge is 2.17. The molecule has 0 unspecified atom stereocenters. The molecule has 1 aliphatic heterocycles. The largest absolute Gasteiger partial charge is 0.384 e. The lowest BCUT2D eigenvalue weighted by molar-refractivity contribution is 0.601. The summed E-state index contributed by atoms with van der Waals surface area (Å²) in [6.45, 7) is 0.429. The van der Waals surface area contributed by atoms with Crippen molar-refractivity contribution in [3.63, 3.8) is 0 Å². The lowest BCUT2D eigenvalue weighted by atomic mass is 10.1.